The molecule has 0 aromatic rings. The van der Waals surface area contributed by atoms with Crippen LogP contribution >= 0.6 is 0 Å². The highest BCUT2D eigenvalue weighted by atomic mass is 16.5. The molecule has 7 aliphatic carbocycles. The minimum absolute atomic E-state index is 0.000642. The zero-order valence-electron chi connectivity index (χ0n) is 34.6. The van der Waals surface area contributed by atoms with Crippen LogP contribution in [0.25, 0.3) is 0 Å². The van der Waals surface area contributed by atoms with Gasteiger partial charge >= 0.3 is 11.9 Å². The summed E-state index contributed by atoms with van der Waals surface area (Å²) in [6, 6.07) is 0. The Labute approximate surface area is 319 Å². The van der Waals surface area contributed by atoms with Gasteiger partial charge in [0.25, 0.3) is 0 Å². The number of ether oxygens (including phenoxy) is 1. The van der Waals surface area contributed by atoms with Crippen LogP contribution in [0.15, 0.2) is 23.3 Å². The molecule has 10 atom stereocenters. The van der Waals surface area contributed by atoms with Gasteiger partial charge in [0.1, 0.15) is 6.10 Å². The van der Waals surface area contributed by atoms with E-state index in [0.717, 1.165) is 63.5 Å². The Balaban J connectivity index is 1.18. The molecule has 0 aromatic heterocycles. The second-order valence-corrected chi connectivity index (χ2v) is 21.4. The van der Waals surface area contributed by atoms with Gasteiger partial charge in [-0.25, -0.2) is 0 Å². The van der Waals surface area contributed by atoms with Crippen LogP contribution in [0.5, 0.6) is 0 Å². The molecule has 0 heterocycles. The molecular formula is C46H71NO6. The SMILES string of the molecule is CC(C)C1=C2C3CCC4(C)C(C)(CCC56C=CC5(C)C(OC(=O)CC(C)(C)C(=O)O)CCC46C)C3(C)CCC2(C(O)CNCC2CCCCC2)CC1=O. The van der Waals surface area contributed by atoms with Crippen molar-refractivity contribution in [1.82, 2.24) is 5.32 Å². The summed E-state index contributed by atoms with van der Waals surface area (Å²) in [5.41, 5.74) is 0.218. The van der Waals surface area contributed by atoms with Gasteiger partial charge in [0.05, 0.1) is 17.9 Å². The minimum Gasteiger partial charge on any atom is -0.481 e. The minimum atomic E-state index is -1.17. The lowest BCUT2D eigenvalue weighted by molar-refractivity contribution is -0.305. The molecule has 0 amide bonds. The average molecular weight is 734 g/mol. The van der Waals surface area contributed by atoms with E-state index in [9.17, 15) is 24.6 Å². The van der Waals surface area contributed by atoms with Gasteiger partial charge in [0, 0.05) is 29.2 Å². The maximum absolute atomic E-state index is 14.1. The molecule has 1 spiro atoms. The number of ketones is 1. The third kappa shape index (κ3) is 5.12. The lowest BCUT2D eigenvalue weighted by Crippen LogP contribution is -2.75. The number of aliphatic carboxylic acids is 1. The molecule has 0 aliphatic heterocycles. The zero-order valence-corrected chi connectivity index (χ0v) is 34.6. The first-order chi connectivity index (χ1) is 24.7. The molecule has 7 nitrogen and oxygen atoms in total. The number of carboxylic acid groups (broad SMARTS) is 1. The van der Waals surface area contributed by atoms with Crippen molar-refractivity contribution in [2.24, 2.45) is 61.1 Å². The molecular weight excluding hydrogens is 663 g/mol. The molecule has 7 rings (SSSR count). The average Bonchev–Trinajstić information content (AvgIpc) is 3.40. The van der Waals surface area contributed by atoms with E-state index in [4.69, 9.17) is 4.74 Å². The summed E-state index contributed by atoms with van der Waals surface area (Å²) in [5.74, 6) is -0.0348. The summed E-state index contributed by atoms with van der Waals surface area (Å²) in [4.78, 5) is 39.2. The Kier molecular flexibility index (Phi) is 9.45. The lowest BCUT2D eigenvalue weighted by Gasteiger charge is -2.81. The number of hydrogen-bond donors (Lipinski definition) is 3. The van der Waals surface area contributed by atoms with Crippen LogP contribution in [-0.4, -0.2) is 53.2 Å². The molecule has 5 fully saturated rings. The monoisotopic (exact) mass is 734 g/mol. The van der Waals surface area contributed by atoms with Gasteiger partial charge in [-0.2, -0.15) is 0 Å². The summed E-state index contributed by atoms with van der Waals surface area (Å²) in [6.45, 7) is 21.7. The van der Waals surface area contributed by atoms with Gasteiger partial charge in [0.2, 0.25) is 0 Å². The van der Waals surface area contributed by atoms with E-state index in [1.54, 1.807) is 13.8 Å². The number of fused-ring (bicyclic) bond motifs is 6. The molecule has 7 aliphatic rings. The Morgan fingerprint density at radius 1 is 0.887 bits per heavy atom. The van der Waals surface area contributed by atoms with Crippen molar-refractivity contribution < 1.29 is 29.3 Å². The standard InChI is InChI=1S/C46H71NO6/c1-29(2)36-32(48)25-45(33(49)28-47-27-30-13-11-10-12-14-30)22-19-40(5)31(37(36)45)15-17-43(8)42(40,7)21-24-46-23-20-41(46,6)34(16-18-44(43,46)9)53-35(50)26-39(3,4)38(51)52/h20,23,29-31,33-34,47,49H,10-19,21-22,24-28H2,1-9H3,(H,51,52). The highest BCUT2D eigenvalue weighted by Gasteiger charge is 2.80. The van der Waals surface area contributed by atoms with Crippen LogP contribution < -0.4 is 5.32 Å². The fourth-order valence-electron chi connectivity index (χ4n) is 15.0. The summed E-state index contributed by atoms with van der Waals surface area (Å²) in [6.07, 6.45) is 18.5. The first kappa shape index (κ1) is 39.3. The van der Waals surface area contributed by atoms with E-state index in [0.29, 0.717) is 18.9 Å². The molecule has 0 radical (unpaired) electrons. The van der Waals surface area contributed by atoms with E-state index in [-0.39, 0.29) is 62.6 Å². The lowest BCUT2D eigenvalue weighted by atomic mass is 9.23. The van der Waals surface area contributed by atoms with Crippen molar-refractivity contribution in [1.29, 1.82) is 0 Å². The van der Waals surface area contributed by atoms with Gasteiger partial charge in [-0.1, -0.05) is 85.5 Å². The number of Topliss-reactive ketones (excluding diaryl/α,β-unsaturated/α-hetero) is 1. The molecule has 5 saturated carbocycles. The predicted octanol–water partition coefficient (Wildman–Crippen LogP) is 9.22. The number of hydrogen-bond acceptors (Lipinski definition) is 6. The number of nitrogens with one attached hydrogen (secondary N) is 1. The number of carboxylic acids is 1. The number of aliphatic hydroxyl groups is 1. The van der Waals surface area contributed by atoms with Gasteiger partial charge in [-0.05, 0) is 130 Å². The van der Waals surface area contributed by atoms with Gasteiger partial charge in [-0.3, -0.25) is 14.4 Å². The second-order valence-electron chi connectivity index (χ2n) is 21.4. The Morgan fingerprint density at radius 2 is 1.57 bits per heavy atom. The topological polar surface area (TPSA) is 113 Å². The van der Waals surface area contributed by atoms with Crippen molar-refractivity contribution in [3.05, 3.63) is 23.3 Å². The summed E-state index contributed by atoms with van der Waals surface area (Å²) in [5, 5.41) is 25.6. The van der Waals surface area contributed by atoms with Gasteiger partial charge in [0.15, 0.2) is 5.78 Å². The van der Waals surface area contributed by atoms with Crippen LogP contribution in [0.3, 0.4) is 0 Å². The fraction of sp³-hybridized carbons (Fsp3) is 0.848. The molecule has 0 saturated heterocycles. The van der Waals surface area contributed by atoms with Crippen LogP contribution in [0.2, 0.25) is 0 Å². The Morgan fingerprint density at radius 3 is 2.19 bits per heavy atom. The number of allylic oxidation sites excluding steroid dienone is 2. The number of carbonyl (C=O) groups is 3. The maximum Gasteiger partial charge on any atom is 0.309 e. The van der Waals surface area contributed by atoms with Crippen LogP contribution in [0, 0.1) is 61.1 Å². The number of aliphatic hydroxyl groups excluding tert-OH is 1. The summed E-state index contributed by atoms with van der Waals surface area (Å²) in [7, 11) is 0. The van der Waals surface area contributed by atoms with Crippen LogP contribution in [0.1, 0.15) is 159 Å². The largest absolute Gasteiger partial charge is 0.481 e. The van der Waals surface area contributed by atoms with Crippen molar-refractivity contribution in [2.45, 2.75) is 171 Å². The highest BCUT2D eigenvalue weighted by molar-refractivity contribution is 6.00. The third-order valence-electron chi connectivity index (χ3n) is 18.8. The zero-order chi connectivity index (χ0) is 38.6. The van der Waals surface area contributed by atoms with Crippen LogP contribution in [-0.2, 0) is 19.1 Å². The normalized spacial score (nSPS) is 44.3. The number of rotatable bonds is 10. The molecule has 296 valence electrons. The number of esters is 1. The molecule has 53 heavy (non-hydrogen) atoms. The van der Waals surface area contributed by atoms with Gasteiger partial charge < -0.3 is 20.3 Å². The quantitative estimate of drug-likeness (QED) is 0.152. The fourth-order valence-corrected chi connectivity index (χ4v) is 15.0. The Bertz CT molecular complexity index is 1590. The highest BCUT2D eigenvalue weighted by Crippen LogP contribution is 2.85. The summed E-state index contributed by atoms with van der Waals surface area (Å²) >= 11 is 0. The number of carbonyl (C=O) groups excluding carboxylic acids is 2. The van der Waals surface area contributed by atoms with E-state index in [2.05, 4.69) is 65.9 Å². The molecule has 0 bridgehead atoms. The molecule has 0 aromatic carbocycles. The first-order valence-electron chi connectivity index (χ1n) is 21.5. The molecule has 7 heteroatoms. The van der Waals surface area contributed by atoms with Crippen molar-refractivity contribution in [3.8, 4) is 0 Å². The smallest absolute Gasteiger partial charge is 0.309 e. The van der Waals surface area contributed by atoms with Crippen LogP contribution in [0.4, 0.5) is 0 Å². The van der Waals surface area contributed by atoms with E-state index >= 15 is 0 Å². The second kappa shape index (κ2) is 12.8. The summed E-state index contributed by atoms with van der Waals surface area (Å²) < 4.78 is 6.27. The van der Waals surface area contributed by atoms with Crippen molar-refractivity contribution >= 4 is 17.7 Å². The van der Waals surface area contributed by atoms with E-state index in [1.165, 1.54) is 37.7 Å². The molecule has 10 unspecified atom stereocenters. The first-order valence-corrected chi connectivity index (χ1v) is 21.5. The van der Waals surface area contributed by atoms with E-state index in [1.807, 2.05) is 0 Å². The van der Waals surface area contributed by atoms with Gasteiger partial charge in [-0.15, -0.1) is 0 Å². The van der Waals surface area contributed by atoms with E-state index < -0.39 is 28.9 Å². The molecule has 3 N–H and O–H groups in total. The van der Waals surface area contributed by atoms with Crippen molar-refractivity contribution in [3.63, 3.8) is 0 Å². The predicted molar refractivity (Wildman–Crippen MR) is 208 cm³/mol. The Hall–Kier alpha value is -1.99. The third-order valence-corrected chi connectivity index (χ3v) is 18.8. The van der Waals surface area contributed by atoms with Crippen molar-refractivity contribution in [2.75, 3.05) is 13.1 Å². The maximum atomic E-state index is 14.1.